The van der Waals surface area contributed by atoms with Gasteiger partial charge in [-0.1, -0.05) is 0 Å². The number of aliphatic carboxylic acids is 1. The number of hydrogen-bond donors (Lipinski definition) is 1. The summed E-state index contributed by atoms with van der Waals surface area (Å²) in [7, 11) is 0. The predicted octanol–water partition coefficient (Wildman–Crippen LogP) is 0.203. The maximum absolute atomic E-state index is 10.9. The molecule has 0 bridgehead atoms. The lowest BCUT2D eigenvalue weighted by Crippen LogP contribution is -2.38. The predicted molar refractivity (Wildman–Crippen MR) is 49.0 cm³/mol. The minimum Gasteiger partial charge on any atom is -0.481 e. The second-order valence-corrected chi connectivity index (χ2v) is 3.43. The van der Waals surface area contributed by atoms with E-state index in [1.807, 2.05) is 0 Å². The number of ether oxygens (including phenoxy) is 2. The van der Waals surface area contributed by atoms with Crippen molar-refractivity contribution in [1.29, 1.82) is 0 Å². The van der Waals surface area contributed by atoms with Gasteiger partial charge in [-0.3, -0.25) is 14.4 Å². The van der Waals surface area contributed by atoms with Gasteiger partial charge in [0.2, 0.25) is 0 Å². The summed E-state index contributed by atoms with van der Waals surface area (Å²) in [4.78, 5) is 31.9. The first-order valence-corrected chi connectivity index (χ1v) is 4.28. The molecular weight excluding hydrogens is 204 g/mol. The normalized spacial score (nSPS) is 10.6. The van der Waals surface area contributed by atoms with Gasteiger partial charge in [-0.2, -0.15) is 0 Å². The van der Waals surface area contributed by atoms with Crippen LogP contribution in [0.2, 0.25) is 0 Å². The fourth-order valence-corrected chi connectivity index (χ4v) is 0.687. The largest absolute Gasteiger partial charge is 0.481 e. The second-order valence-electron chi connectivity index (χ2n) is 3.43. The molecule has 0 saturated heterocycles. The van der Waals surface area contributed by atoms with Crippen LogP contribution in [0.15, 0.2) is 0 Å². The van der Waals surface area contributed by atoms with E-state index in [0.29, 0.717) is 0 Å². The zero-order valence-corrected chi connectivity index (χ0v) is 8.90. The first-order chi connectivity index (χ1) is 6.78. The van der Waals surface area contributed by atoms with Crippen molar-refractivity contribution in [3.63, 3.8) is 0 Å². The summed E-state index contributed by atoms with van der Waals surface area (Å²) in [6, 6.07) is 0. The summed E-state index contributed by atoms with van der Waals surface area (Å²) in [6.07, 6.45) is 0. The van der Waals surface area contributed by atoms with Gasteiger partial charge in [0, 0.05) is 13.8 Å². The van der Waals surface area contributed by atoms with Crippen molar-refractivity contribution in [3.05, 3.63) is 0 Å². The molecule has 0 aliphatic carbocycles. The third kappa shape index (κ3) is 4.99. The minimum atomic E-state index is -1.41. The molecule has 0 atom stereocenters. The fourth-order valence-electron chi connectivity index (χ4n) is 0.687. The molecule has 0 heterocycles. The van der Waals surface area contributed by atoms with Gasteiger partial charge in [0.25, 0.3) is 0 Å². The van der Waals surface area contributed by atoms with Gasteiger partial charge < -0.3 is 14.6 Å². The smallest absolute Gasteiger partial charge is 0.316 e. The van der Waals surface area contributed by atoms with E-state index in [1.54, 1.807) is 0 Å². The SMILES string of the molecule is CC(=O)OCC(C)(COC(C)=O)C(=O)O. The van der Waals surface area contributed by atoms with Gasteiger partial charge >= 0.3 is 17.9 Å². The van der Waals surface area contributed by atoms with Crippen molar-refractivity contribution in [2.24, 2.45) is 5.41 Å². The Balaban J connectivity index is 4.38. The van der Waals surface area contributed by atoms with Crippen LogP contribution in [0.25, 0.3) is 0 Å². The number of carboxylic acids is 1. The molecule has 0 amide bonds. The van der Waals surface area contributed by atoms with E-state index in [9.17, 15) is 14.4 Å². The fraction of sp³-hybridized carbons (Fsp3) is 0.667. The van der Waals surface area contributed by atoms with Crippen molar-refractivity contribution in [2.45, 2.75) is 20.8 Å². The first-order valence-electron chi connectivity index (χ1n) is 4.28. The van der Waals surface area contributed by atoms with Crippen LogP contribution in [0.4, 0.5) is 0 Å². The molecular formula is C9H14O6. The van der Waals surface area contributed by atoms with Crippen LogP contribution >= 0.6 is 0 Å². The van der Waals surface area contributed by atoms with Crippen molar-refractivity contribution >= 4 is 17.9 Å². The lowest BCUT2D eigenvalue weighted by atomic mass is 9.93. The van der Waals surface area contributed by atoms with E-state index >= 15 is 0 Å². The summed E-state index contributed by atoms with van der Waals surface area (Å²) < 4.78 is 9.18. The van der Waals surface area contributed by atoms with Crippen LogP contribution in [-0.4, -0.2) is 36.2 Å². The van der Waals surface area contributed by atoms with E-state index in [0.717, 1.165) is 0 Å². The van der Waals surface area contributed by atoms with Crippen LogP contribution in [0.3, 0.4) is 0 Å². The highest BCUT2D eigenvalue weighted by Gasteiger charge is 2.36. The van der Waals surface area contributed by atoms with Crippen molar-refractivity contribution in [2.75, 3.05) is 13.2 Å². The summed E-state index contributed by atoms with van der Waals surface area (Å²) in [5.41, 5.74) is -1.41. The number of rotatable bonds is 5. The standard InChI is InChI=1S/C9H14O6/c1-6(10)14-4-9(3,8(12)13)5-15-7(2)11/h4-5H2,1-3H3,(H,12,13). The van der Waals surface area contributed by atoms with E-state index in [-0.39, 0.29) is 13.2 Å². The average molecular weight is 218 g/mol. The molecule has 6 heteroatoms. The number of carbonyl (C=O) groups is 3. The highest BCUT2D eigenvalue weighted by molar-refractivity contribution is 5.76. The molecule has 0 unspecified atom stereocenters. The monoisotopic (exact) mass is 218 g/mol. The van der Waals surface area contributed by atoms with Gasteiger partial charge in [0.15, 0.2) is 0 Å². The van der Waals surface area contributed by atoms with Crippen LogP contribution in [0.5, 0.6) is 0 Å². The molecule has 0 fully saturated rings. The van der Waals surface area contributed by atoms with Crippen LogP contribution in [-0.2, 0) is 23.9 Å². The highest BCUT2D eigenvalue weighted by atomic mass is 16.5. The highest BCUT2D eigenvalue weighted by Crippen LogP contribution is 2.18. The molecule has 0 aromatic carbocycles. The number of hydrogen-bond acceptors (Lipinski definition) is 5. The van der Waals surface area contributed by atoms with E-state index in [4.69, 9.17) is 5.11 Å². The Hall–Kier alpha value is -1.59. The Morgan fingerprint density at radius 3 is 1.60 bits per heavy atom. The van der Waals surface area contributed by atoms with Crippen molar-refractivity contribution in [1.82, 2.24) is 0 Å². The van der Waals surface area contributed by atoms with E-state index in [2.05, 4.69) is 9.47 Å². The topological polar surface area (TPSA) is 89.9 Å². The van der Waals surface area contributed by atoms with Crippen molar-refractivity contribution < 1.29 is 29.0 Å². The Morgan fingerprint density at radius 2 is 1.40 bits per heavy atom. The molecule has 0 aromatic rings. The Kier molecular flexibility index (Phi) is 4.77. The maximum Gasteiger partial charge on any atom is 0.316 e. The molecule has 0 aliphatic rings. The zero-order chi connectivity index (χ0) is 12.1. The molecule has 0 radical (unpaired) electrons. The zero-order valence-electron chi connectivity index (χ0n) is 8.90. The Bertz CT molecular complexity index is 252. The molecule has 6 nitrogen and oxygen atoms in total. The summed E-state index contributed by atoms with van der Waals surface area (Å²) in [6.45, 7) is 3.03. The summed E-state index contributed by atoms with van der Waals surface area (Å²) in [5.74, 6) is -2.35. The second kappa shape index (κ2) is 5.33. The van der Waals surface area contributed by atoms with Gasteiger partial charge in [-0.25, -0.2) is 0 Å². The Labute approximate surface area is 87.2 Å². The van der Waals surface area contributed by atoms with E-state index in [1.165, 1.54) is 20.8 Å². The molecule has 0 saturated carbocycles. The van der Waals surface area contributed by atoms with Crippen LogP contribution < -0.4 is 0 Å². The first kappa shape index (κ1) is 13.4. The number of carboxylic acid groups (broad SMARTS) is 1. The average Bonchev–Trinajstić information content (AvgIpc) is 2.11. The van der Waals surface area contributed by atoms with Gasteiger partial charge in [-0.15, -0.1) is 0 Å². The number of esters is 2. The molecule has 1 N–H and O–H groups in total. The lowest BCUT2D eigenvalue weighted by Gasteiger charge is -2.23. The lowest BCUT2D eigenvalue weighted by molar-refractivity contribution is -0.164. The van der Waals surface area contributed by atoms with Gasteiger partial charge in [-0.05, 0) is 6.92 Å². The molecule has 0 spiro atoms. The minimum absolute atomic E-state index is 0.328. The quantitative estimate of drug-likeness (QED) is 0.663. The summed E-state index contributed by atoms with van der Waals surface area (Å²) in [5, 5.41) is 8.88. The van der Waals surface area contributed by atoms with Crippen molar-refractivity contribution in [3.8, 4) is 0 Å². The molecule has 0 aromatic heterocycles. The summed E-state index contributed by atoms with van der Waals surface area (Å²) >= 11 is 0. The number of carbonyl (C=O) groups excluding carboxylic acids is 2. The van der Waals surface area contributed by atoms with Gasteiger partial charge in [0.05, 0.1) is 0 Å². The Morgan fingerprint density at radius 1 is 1.07 bits per heavy atom. The molecule has 0 rings (SSSR count). The molecule has 15 heavy (non-hydrogen) atoms. The van der Waals surface area contributed by atoms with Crippen LogP contribution in [0.1, 0.15) is 20.8 Å². The third-order valence-electron chi connectivity index (χ3n) is 1.70. The van der Waals surface area contributed by atoms with E-state index < -0.39 is 23.3 Å². The third-order valence-corrected chi connectivity index (χ3v) is 1.70. The maximum atomic E-state index is 10.9. The van der Waals surface area contributed by atoms with Gasteiger partial charge in [0.1, 0.15) is 18.6 Å². The molecule has 86 valence electrons. The molecule has 0 aliphatic heterocycles. The van der Waals surface area contributed by atoms with Crippen LogP contribution in [0, 0.1) is 5.41 Å².